The summed E-state index contributed by atoms with van der Waals surface area (Å²) in [6, 6.07) is 6.86. The van der Waals surface area contributed by atoms with Gasteiger partial charge in [0, 0.05) is 5.56 Å². The van der Waals surface area contributed by atoms with Crippen molar-refractivity contribution in [2.75, 3.05) is 13.2 Å². The van der Waals surface area contributed by atoms with Crippen LogP contribution in [0.1, 0.15) is 23.7 Å². The summed E-state index contributed by atoms with van der Waals surface area (Å²) in [5, 5.41) is 18.0. The predicted molar refractivity (Wildman–Crippen MR) is 96.6 cm³/mol. The van der Waals surface area contributed by atoms with E-state index in [2.05, 4.69) is 9.97 Å². The molecule has 3 N–H and O–H groups in total. The summed E-state index contributed by atoms with van der Waals surface area (Å²) in [5.74, 6) is -0.498. The smallest absolute Gasteiger partial charge is 0.341 e. The Bertz CT molecular complexity index is 1000. The molecule has 0 saturated carbocycles. The van der Waals surface area contributed by atoms with Crippen molar-refractivity contribution in [2.45, 2.75) is 6.92 Å². The summed E-state index contributed by atoms with van der Waals surface area (Å²) < 4.78 is 10.9. The maximum absolute atomic E-state index is 11.8. The molecule has 26 heavy (non-hydrogen) atoms. The first-order chi connectivity index (χ1) is 12.5. The number of carbonyl (C=O) groups is 1. The lowest BCUT2D eigenvalue weighted by Crippen LogP contribution is -2.13. The highest BCUT2D eigenvalue weighted by molar-refractivity contribution is 7.71. The van der Waals surface area contributed by atoms with Gasteiger partial charge in [0.15, 0.2) is 22.9 Å². The number of hydrogen-bond donors (Lipinski definition) is 3. The lowest BCUT2D eigenvalue weighted by molar-refractivity contribution is -0.139. The molecule has 0 atom stereocenters. The van der Waals surface area contributed by atoms with Gasteiger partial charge in [-0.3, -0.25) is 9.78 Å². The fourth-order valence-corrected chi connectivity index (χ4v) is 2.34. The number of nitrogens with one attached hydrogen (secondary N) is 2. The van der Waals surface area contributed by atoms with Crippen LogP contribution in [0.3, 0.4) is 0 Å². The van der Waals surface area contributed by atoms with E-state index in [1.165, 1.54) is 6.08 Å². The number of aromatic nitrogens is 2. The molecule has 1 heterocycles. The van der Waals surface area contributed by atoms with Crippen molar-refractivity contribution in [1.29, 1.82) is 5.26 Å². The molecular formula is C17H15N3O5S. The van der Waals surface area contributed by atoms with Crippen molar-refractivity contribution in [3.63, 3.8) is 0 Å². The number of hydrogen-bond acceptors (Lipinski definition) is 6. The Morgan fingerprint density at radius 1 is 1.35 bits per heavy atom. The van der Waals surface area contributed by atoms with E-state index < -0.39 is 18.1 Å². The minimum absolute atomic E-state index is 0.0825. The van der Waals surface area contributed by atoms with E-state index >= 15 is 0 Å². The van der Waals surface area contributed by atoms with E-state index in [0.717, 1.165) is 0 Å². The zero-order valence-corrected chi connectivity index (χ0v) is 14.6. The van der Waals surface area contributed by atoms with Crippen molar-refractivity contribution in [2.24, 2.45) is 0 Å². The van der Waals surface area contributed by atoms with Gasteiger partial charge >= 0.3 is 5.97 Å². The molecule has 9 heteroatoms. The molecule has 0 amide bonds. The molecule has 0 spiro atoms. The Morgan fingerprint density at radius 2 is 2.12 bits per heavy atom. The van der Waals surface area contributed by atoms with E-state index in [1.54, 1.807) is 31.2 Å². The number of nitrogens with zero attached hydrogens (tertiary/aromatic N) is 1. The summed E-state index contributed by atoms with van der Waals surface area (Å²) in [6.07, 6.45) is 3.06. The maximum Gasteiger partial charge on any atom is 0.341 e. The number of H-pyrrole nitrogens is 2. The van der Waals surface area contributed by atoms with Crippen molar-refractivity contribution in [1.82, 2.24) is 9.97 Å². The molecule has 0 aliphatic rings. The fraction of sp³-hybridized carbons (Fsp3) is 0.176. The van der Waals surface area contributed by atoms with Gasteiger partial charge in [-0.1, -0.05) is 12.1 Å². The van der Waals surface area contributed by atoms with Gasteiger partial charge < -0.3 is 19.6 Å². The van der Waals surface area contributed by atoms with Crippen molar-refractivity contribution in [3.8, 4) is 17.6 Å². The quantitative estimate of drug-likeness (QED) is 0.635. The normalized spacial score (nSPS) is 10.5. The first-order valence-electron chi connectivity index (χ1n) is 7.51. The molecule has 0 bridgehead atoms. The van der Waals surface area contributed by atoms with Gasteiger partial charge in [0.2, 0.25) is 0 Å². The van der Waals surface area contributed by atoms with Gasteiger partial charge in [0.1, 0.15) is 11.6 Å². The largest absolute Gasteiger partial charge is 0.490 e. The SMILES string of the molecule is CCOc1cccc(/C=C/c2[nH]c(=S)[nH]c(=O)c2C#N)c1OCC(=O)O. The minimum atomic E-state index is -1.13. The second-order valence-electron chi connectivity index (χ2n) is 4.93. The predicted octanol–water partition coefficient (Wildman–Crippen LogP) is 2.34. The highest BCUT2D eigenvalue weighted by Gasteiger charge is 2.12. The number of carboxylic acid groups (broad SMARTS) is 1. The van der Waals surface area contributed by atoms with Gasteiger partial charge in [-0.05, 0) is 37.4 Å². The number of aliphatic carboxylic acids is 1. The van der Waals surface area contributed by atoms with Crippen molar-refractivity contribution >= 4 is 30.3 Å². The van der Waals surface area contributed by atoms with Crippen molar-refractivity contribution in [3.05, 3.63) is 50.1 Å². The van der Waals surface area contributed by atoms with E-state index in [1.807, 2.05) is 6.07 Å². The van der Waals surface area contributed by atoms with E-state index in [4.69, 9.17) is 32.1 Å². The number of carboxylic acids is 1. The number of benzene rings is 1. The molecule has 0 radical (unpaired) electrons. The van der Waals surface area contributed by atoms with Gasteiger partial charge in [-0.2, -0.15) is 5.26 Å². The van der Waals surface area contributed by atoms with Crippen LogP contribution in [0.4, 0.5) is 0 Å². The fourth-order valence-electron chi connectivity index (χ4n) is 2.13. The second kappa shape index (κ2) is 8.64. The van der Waals surface area contributed by atoms with Crippen LogP contribution >= 0.6 is 12.2 Å². The van der Waals surface area contributed by atoms with Crippen LogP contribution in [0, 0.1) is 16.1 Å². The van der Waals surface area contributed by atoms with Gasteiger partial charge in [0.05, 0.1) is 12.3 Å². The molecule has 8 nitrogen and oxygen atoms in total. The molecule has 0 aliphatic heterocycles. The lowest BCUT2D eigenvalue weighted by atomic mass is 10.1. The summed E-state index contributed by atoms with van der Waals surface area (Å²) >= 11 is 4.91. The van der Waals surface area contributed by atoms with Crippen LogP contribution in [-0.2, 0) is 4.79 Å². The Hall–Kier alpha value is -3.38. The van der Waals surface area contributed by atoms with Crippen LogP contribution in [0.5, 0.6) is 11.5 Å². The Balaban J connectivity index is 2.49. The minimum Gasteiger partial charge on any atom is -0.490 e. The first-order valence-corrected chi connectivity index (χ1v) is 7.92. The third kappa shape index (κ3) is 4.58. The van der Waals surface area contributed by atoms with Crippen LogP contribution in [0.25, 0.3) is 12.2 Å². The van der Waals surface area contributed by atoms with E-state index in [0.29, 0.717) is 17.9 Å². The molecule has 1 aromatic carbocycles. The lowest BCUT2D eigenvalue weighted by Gasteiger charge is -2.13. The molecule has 0 fully saturated rings. The van der Waals surface area contributed by atoms with Crippen LogP contribution in [0.2, 0.25) is 0 Å². The monoisotopic (exact) mass is 373 g/mol. The van der Waals surface area contributed by atoms with Crippen LogP contribution in [0.15, 0.2) is 23.0 Å². The topological polar surface area (TPSA) is 128 Å². The molecule has 0 aliphatic carbocycles. The molecule has 2 rings (SSSR count). The number of para-hydroxylation sites is 1. The molecule has 0 unspecified atom stereocenters. The second-order valence-corrected chi connectivity index (χ2v) is 5.34. The number of aromatic amines is 2. The number of ether oxygens (including phenoxy) is 2. The molecule has 134 valence electrons. The standard InChI is InChI=1S/C17H15N3O5S/c1-2-24-13-5-3-4-10(15(13)25-9-14(21)22)6-7-12-11(8-18)16(23)20-17(26)19-12/h3-7H,2,9H2,1H3,(H,21,22)(H2,19,20,23,26)/b7-6+. The summed E-state index contributed by atoms with van der Waals surface area (Å²) in [5.41, 5.74) is 0.0260. The molecule has 2 aromatic rings. The summed E-state index contributed by atoms with van der Waals surface area (Å²) in [7, 11) is 0. The van der Waals surface area contributed by atoms with Crippen molar-refractivity contribution < 1.29 is 19.4 Å². The number of nitriles is 1. The first kappa shape index (κ1) is 19.0. The highest BCUT2D eigenvalue weighted by atomic mass is 32.1. The zero-order valence-electron chi connectivity index (χ0n) is 13.7. The Morgan fingerprint density at radius 3 is 2.77 bits per heavy atom. The van der Waals surface area contributed by atoms with Gasteiger partial charge in [-0.15, -0.1) is 0 Å². The van der Waals surface area contributed by atoms with Gasteiger partial charge in [-0.25, -0.2) is 4.79 Å². The van der Waals surface area contributed by atoms with Gasteiger partial charge in [0.25, 0.3) is 5.56 Å². The van der Waals surface area contributed by atoms with E-state index in [-0.39, 0.29) is 21.8 Å². The Kier molecular flexibility index (Phi) is 6.30. The molecule has 0 saturated heterocycles. The third-order valence-electron chi connectivity index (χ3n) is 3.16. The molecular weight excluding hydrogens is 358 g/mol. The summed E-state index contributed by atoms with van der Waals surface area (Å²) in [4.78, 5) is 27.7. The average molecular weight is 373 g/mol. The van der Waals surface area contributed by atoms with E-state index in [9.17, 15) is 9.59 Å². The zero-order chi connectivity index (χ0) is 19.1. The molecule has 1 aromatic heterocycles. The van der Waals surface area contributed by atoms with Crippen LogP contribution in [-0.4, -0.2) is 34.3 Å². The highest BCUT2D eigenvalue weighted by Crippen LogP contribution is 2.32. The number of rotatable bonds is 7. The summed E-state index contributed by atoms with van der Waals surface area (Å²) in [6.45, 7) is 1.62. The van der Waals surface area contributed by atoms with Crippen LogP contribution < -0.4 is 15.0 Å². The average Bonchev–Trinajstić information content (AvgIpc) is 2.58. The third-order valence-corrected chi connectivity index (χ3v) is 3.37. The maximum atomic E-state index is 11.8. The Labute approximate surface area is 153 Å².